The first-order valence-electron chi connectivity index (χ1n) is 6.69. The van der Waals surface area contributed by atoms with Crippen LogP contribution in [0.2, 0.25) is 0 Å². The number of nitrogens with zero attached hydrogens (tertiary/aromatic N) is 3. The molecule has 0 aliphatic rings. The molecule has 0 aliphatic heterocycles. The number of hydrogen-bond acceptors (Lipinski definition) is 4. The van der Waals surface area contributed by atoms with Gasteiger partial charge >= 0.3 is 0 Å². The summed E-state index contributed by atoms with van der Waals surface area (Å²) in [6.45, 7) is 4.58. The van der Waals surface area contributed by atoms with Crippen LogP contribution >= 0.6 is 0 Å². The molecule has 2 rings (SSSR count). The van der Waals surface area contributed by atoms with Crippen molar-refractivity contribution < 1.29 is 4.39 Å². The van der Waals surface area contributed by atoms with Gasteiger partial charge in [0.2, 0.25) is 5.95 Å². The normalized spacial score (nSPS) is 12.2. The number of anilines is 2. The third kappa shape index (κ3) is 3.51. The van der Waals surface area contributed by atoms with E-state index in [-0.39, 0.29) is 11.9 Å². The Kier molecular flexibility index (Phi) is 4.63. The van der Waals surface area contributed by atoms with Crippen LogP contribution in [0.4, 0.5) is 16.0 Å². The van der Waals surface area contributed by atoms with Crippen molar-refractivity contribution in [3.05, 3.63) is 48.0 Å². The van der Waals surface area contributed by atoms with Gasteiger partial charge in [0.25, 0.3) is 0 Å². The molecule has 1 unspecified atom stereocenters. The molecule has 1 atom stereocenters. The number of benzene rings is 1. The van der Waals surface area contributed by atoms with E-state index < -0.39 is 0 Å². The molecule has 2 aromatic rings. The quantitative estimate of drug-likeness (QED) is 0.910. The summed E-state index contributed by atoms with van der Waals surface area (Å²) in [7, 11) is 0. The molecule has 0 saturated heterocycles. The van der Waals surface area contributed by atoms with Crippen LogP contribution in [0.3, 0.4) is 0 Å². The van der Waals surface area contributed by atoms with Crippen molar-refractivity contribution in [2.24, 2.45) is 5.73 Å². The SMILES string of the molecule is CCN(c1cccc(F)c1)c1ncc(CC(C)N)cn1. The topological polar surface area (TPSA) is 55.0 Å². The molecule has 0 spiro atoms. The Labute approximate surface area is 118 Å². The highest BCUT2D eigenvalue weighted by molar-refractivity contribution is 5.56. The number of halogens is 1. The Balaban J connectivity index is 2.23. The summed E-state index contributed by atoms with van der Waals surface area (Å²) in [4.78, 5) is 10.6. The summed E-state index contributed by atoms with van der Waals surface area (Å²) in [6, 6.07) is 6.49. The summed E-state index contributed by atoms with van der Waals surface area (Å²) < 4.78 is 13.3. The van der Waals surface area contributed by atoms with Crippen LogP contribution in [0.1, 0.15) is 19.4 Å². The van der Waals surface area contributed by atoms with E-state index in [0.717, 1.165) is 17.7 Å². The predicted molar refractivity (Wildman–Crippen MR) is 78.5 cm³/mol. The first kappa shape index (κ1) is 14.4. The van der Waals surface area contributed by atoms with Gasteiger partial charge in [-0.05, 0) is 44.0 Å². The smallest absolute Gasteiger partial charge is 0.229 e. The van der Waals surface area contributed by atoms with Gasteiger partial charge in [0.15, 0.2) is 0 Å². The number of nitrogens with two attached hydrogens (primary N) is 1. The highest BCUT2D eigenvalue weighted by Gasteiger charge is 2.11. The molecule has 0 saturated carbocycles. The fourth-order valence-electron chi connectivity index (χ4n) is 2.05. The van der Waals surface area contributed by atoms with Gasteiger partial charge < -0.3 is 10.6 Å². The number of hydrogen-bond donors (Lipinski definition) is 1. The third-order valence-electron chi connectivity index (χ3n) is 2.93. The van der Waals surface area contributed by atoms with Crippen LogP contribution < -0.4 is 10.6 Å². The summed E-state index contributed by atoms with van der Waals surface area (Å²) >= 11 is 0. The zero-order chi connectivity index (χ0) is 14.5. The molecule has 4 nitrogen and oxygen atoms in total. The molecule has 0 aliphatic carbocycles. The second kappa shape index (κ2) is 6.43. The first-order chi connectivity index (χ1) is 9.60. The Morgan fingerprint density at radius 1 is 1.30 bits per heavy atom. The average molecular weight is 274 g/mol. The van der Waals surface area contributed by atoms with Crippen LogP contribution in [0.25, 0.3) is 0 Å². The second-order valence-corrected chi connectivity index (χ2v) is 4.80. The lowest BCUT2D eigenvalue weighted by Crippen LogP contribution is -2.20. The average Bonchev–Trinajstić information content (AvgIpc) is 2.41. The molecular formula is C15H19FN4. The van der Waals surface area contributed by atoms with Crippen molar-refractivity contribution in [1.82, 2.24) is 9.97 Å². The van der Waals surface area contributed by atoms with Gasteiger partial charge in [0.1, 0.15) is 5.82 Å². The molecule has 0 amide bonds. The molecule has 0 radical (unpaired) electrons. The van der Waals surface area contributed by atoms with Gasteiger partial charge in [-0.25, -0.2) is 14.4 Å². The van der Waals surface area contributed by atoms with E-state index in [2.05, 4.69) is 9.97 Å². The van der Waals surface area contributed by atoms with E-state index in [1.165, 1.54) is 12.1 Å². The van der Waals surface area contributed by atoms with Gasteiger partial charge in [-0.3, -0.25) is 0 Å². The van der Waals surface area contributed by atoms with Crippen LogP contribution in [-0.4, -0.2) is 22.6 Å². The maximum atomic E-state index is 13.3. The van der Waals surface area contributed by atoms with Crippen molar-refractivity contribution in [3.8, 4) is 0 Å². The standard InChI is InChI=1S/C15H19FN4/c1-3-20(14-6-4-5-13(16)8-14)15-18-9-12(10-19-15)7-11(2)17/h4-6,8-11H,3,7,17H2,1-2H3. The highest BCUT2D eigenvalue weighted by atomic mass is 19.1. The highest BCUT2D eigenvalue weighted by Crippen LogP contribution is 2.22. The van der Waals surface area contributed by atoms with E-state index in [1.54, 1.807) is 18.5 Å². The van der Waals surface area contributed by atoms with E-state index in [1.807, 2.05) is 24.8 Å². The zero-order valence-electron chi connectivity index (χ0n) is 11.8. The number of aromatic nitrogens is 2. The van der Waals surface area contributed by atoms with Crippen molar-refractivity contribution in [2.75, 3.05) is 11.4 Å². The van der Waals surface area contributed by atoms with Gasteiger partial charge in [-0.1, -0.05) is 6.07 Å². The molecule has 20 heavy (non-hydrogen) atoms. The fourth-order valence-corrected chi connectivity index (χ4v) is 2.05. The predicted octanol–water partition coefficient (Wildman–Crippen LogP) is 2.66. The largest absolute Gasteiger partial charge is 0.328 e. The van der Waals surface area contributed by atoms with Crippen molar-refractivity contribution in [3.63, 3.8) is 0 Å². The molecule has 1 aromatic carbocycles. The van der Waals surface area contributed by atoms with Gasteiger partial charge in [-0.15, -0.1) is 0 Å². The lowest BCUT2D eigenvalue weighted by molar-refractivity contribution is 0.627. The zero-order valence-corrected chi connectivity index (χ0v) is 11.8. The second-order valence-electron chi connectivity index (χ2n) is 4.80. The van der Waals surface area contributed by atoms with Gasteiger partial charge in [0, 0.05) is 30.7 Å². The third-order valence-corrected chi connectivity index (χ3v) is 2.93. The lowest BCUT2D eigenvalue weighted by Gasteiger charge is -2.21. The van der Waals surface area contributed by atoms with Crippen LogP contribution in [-0.2, 0) is 6.42 Å². The minimum absolute atomic E-state index is 0.0787. The van der Waals surface area contributed by atoms with Gasteiger partial charge in [-0.2, -0.15) is 0 Å². The summed E-state index contributed by atoms with van der Waals surface area (Å²) in [5.74, 6) is 0.293. The Bertz CT molecular complexity index is 554. The molecule has 2 N–H and O–H groups in total. The molecular weight excluding hydrogens is 255 g/mol. The monoisotopic (exact) mass is 274 g/mol. The Morgan fingerprint density at radius 2 is 2.00 bits per heavy atom. The Hall–Kier alpha value is -2.01. The molecule has 1 heterocycles. The van der Waals surface area contributed by atoms with Crippen molar-refractivity contribution >= 4 is 11.6 Å². The minimum atomic E-state index is -0.269. The molecule has 1 aromatic heterocycles. The van der Waals surface area contributed by atoms with Gasteiger partial charge in [0.05, 0.1) is 0 Å². The maximum Gasteiger partial charge on any atom is 0.229 e. The molecule has 0 bridgehead atoms. The minimum Gasteiger partial charge on any atom is -0.328 e. The number of rotatable bonds is 5. The molecule has 0 fully saturated rings. The van der Waals surface area contributed by atoms with Crippen LogP contribution in [0, 0.1) is 5.82 Å². The van der Waals surface area contributed by atoms with E-state index in [0.29, 0.717) is 12.5 Å². The van der Waals surface area contributed by atoms with E-state index in [4.69, 9.17) is 5.73 Å². The molecule has 5 heteroatoms. The molecule has 106 valence electrons. The van der Waals surface area contributed by atoms with Crippen LogP contribution in [0.5, 0.6) is 0 Å². The van der Waals surface area contributed by atoms with Crippen LogP contribution in [0.15, 0.2) is 36.7 Å². The summed E-state index contributed by atoms with van der Waals surface area (Å²) in [5.41, 5.74) is 7.49. The summed E-state index contributed by atoms with van der Waals surface area (Å²) in [5, 5.41) is 0. The Morgan fingerprint density at radius 3 is 2.55 bits per heavy atom. The fraction of sp³-hybridized carbons (Fsp3) is 0.333. The lowest BCUT2D eigenvalue weighted by atomic mass is 10.1. The van der Waals surface area contributed by atoms with Crippen molar-refractivity contribution in [1.29, 1.82) is 0 Å². The first-order valence-corrected chi connectivity index (χ1v) is 6.69. The van der Waals surface area contributed by atoms with Crippen molar-refractivity contribution in [2.45, 2.75) is 26.3 Å². The van der Waals surface area contributed by atoms with E-state index >= 15 is 0 Å². The van der Waals surface area contributed by atoms with E-state index in [9.17, 15) is 4.39 Å². The summed E-state index contributed by atoms with van der Waals surface area (Å²) in [6.07, 6.45) is 4.29. The maximum absolute atomic E-state index is 13.3.